The van der Waals surface area contributed by atoms with Crippen molar-refractivity contribution in [2.24, 2.45) is 4.99 Å². The van der Waals surface area contributed by atoms with E-state index in [1.54, 1.807) is 23.8 Å². The number of aromatic nitrogens is 1. The fraction of sp³-hybridized carbons (Fsp3) is 0.158. The fourth-order valence-corrected chi connectivity index (χ4v) is 3.50. The van der Waals surface area contributed by atoms with Gasteiger partial charge >= 0.3 is 0 Å². The Labute approximate surface area is 148 Å². The van der Waals surface area contributed by atoms with Gasteiger partial charge in [-0.2, -0.15) is 4.99 Å². The van der Waals surface area contributed by atoms with E-state index in [0.717, 1.165) is 10.3 Å². The molecule has 0 spiro atoms. The average Bonchev–Trinajstić information content (AvgIpc) is 2.97. The van der Waals surface area contributed by atoms with Gasteiger partial charge in [0.1, 0.15) is 5.82 Å². The summed E-state index contributed by atoms with van der Waals surface area (Å²) in [6, 6.07) is 14.4. The molecule has 128 valence electrons. The minimum Gasteiger partial charge on any atom is -0.383 e. The van der Waals surface area contributed by atoms with Crippen molar-refractivity contribution >= 4 is 33.5 Å². The van der Waals surface area contributed by atoms with Crippen LogP contribution in [0.5, 0.6) is 0 Å². The van der Waals surface area contributed by atoms with Crippen molar-refractivity contribution in [1.82, 2.24) is 4.57 Å². The molecule has 1 amide bonds. The highest BCUT2D eigenvalue weighted by Crippen LogP contribution is 2.20. The van der Waals surface area contributed by atoms with Crippen LogP contribution in [0.2, 0.25) is 0 Å². The molecule has 0 aliphatic rings. The molecule has 6 heteroatoms. The van der Waals surface area contributed by atoms with Crippen molar-refractivity contribution in [3.63, 3.8) is 0 Å². The van der Waals surface area contributed by atoms with E-state index in [9.17, 15) is 9.18 Å². The van der Waals surface area contributed by atoms with Crippen LogP contribution in [0, 0.1) is 5.82 Å². The van der Waals surface area contributed by atoms with Gasteiger partial charge in [-0.25, -0.2) is 4.39 Å². The van der Waals surface area contributed by atoms with Gasteiger partial charge in [0.15, 0.2) is 4.80 Å². The summed E-state index contributed by atoms with van der Waals surface area (Å²) in [6.45, 7) is 0.827. The second-order valence-corrected chi connectivity index (χ2v) is 6.32. The molecule has 0 fully saturated rings. The zero-order valence-corrected chi connectivity index (χ0v) is 14.5. The third kappa shape index (κ3) is 4.10. The molecule has 3 aromatic rings. The minimum atomic E-state index is -0.387. The number of thiazole rings is 1. The van der Waals surface area contributed by atoms with Gasteiger partial charge in [0.2, 0.25) is 0 Å². The molecule has 0 radical (unpaired) electrons. The number of halogens is 1. The number of nitrogens with zero attached hydrogens (tertiary/aromatic N) is 2. The van der Waals surface area contributed by atoms with Crippen molar-refractivity contribution < 1.29 is 13.9 Å². The van der Waals surface area contributed by atoms with E-state index in [-0.39, 0.29) is 11.7 Å². The number of rotatable bonds is 5. The maximum absolute atomic E-state index is 14.2. The summed E-state index contributed by atoms with van der Waals surface area (Å²) >= 11 is 1.28. The number of amides is 1. The maximum Gasteiger partial charge on any atom is 0.272 e. The number of hydrogen-bond donors (Lipinski definition) is 0. The van der Waals surface area contributed by atoms with E-state index in [1.807, 2.05) is 36.4 Å². The molecule has 4 nitrogen and oxygen atoms in total. The van der Waals surface area contributed by atoms with Crippen molar-refractivity contribution in [2.75, 3.05) is 13.7 Å². The maximum atomic E-state index is 14.2. The van der Waals surface area contributed by atoms with Crippen LogP contribution in [0.15, 0.2) is 59.6 Å². The van der Waals surface area contributed by atoms with Gasteiger partial charge in [0.25, 0.3) is 5.91 Å². The smallest absolute Gasteiger partial charge is 0.272 e. The molecule has 1 aromatic heterocycles. The van der Waals surface area contributed by atoms with Crippen molar-refractivity contribution in [3.05, 3.63) is 70.8 Å². The first-order valence-corrected chi connectivity index (χ1v) is 8.59. The van der Waals surface area contributed by atoms with Crippen LogP contribution in [0.3, 0.4) is 0 Å². The van der Waals surface area contributed by atoms with Gasteiger partial charge in [0.05, 0.1) is 16.8 Å². The number of carbonyl (C=O) groups is 1. The molecule has 0 bridgehead atoms. The van der Waals surface area contributed by atoms with Gasteiger partial charge in [-0.1, -0.05) is 47.7 Å². The van der Waals surface area contributed by atoms with E-state index < -0.39 is 0 Å². The first-order chi connectivity index (χ1) is 12.2. The molecule has 1 heterocycles. The van der Waals surface area contributed by atoms with E-state index in [1.165, 1.54) is 23.5 Å². The van der Waals surface area contributed by atoms with Crippen LogP contribution in [0.25, 0.3) is 16.3 Å². The second kappa shape index (κ2) is 8.00. The molecule has 0 saturated carbocycles. The number of ether oxygens (including phenoxy) is 1. The highest BCUT2D eigenvalue weighted by molar-refractivity contribution is 7.16. The molecular weight excluding hydrogens is 339 g/mol. The summed E-state index contributed by atoms with van der Waals surface area (Å²) < 4.78 is 21.7. The summed E-state index contributed by atoms with van der Waals surface area (Å²) in [6.07, 6.45) is 3.12. The molecule has 0 aliphatic carbocycles. The Morgan fingerprint density at radius 1 is 1.24 bits per heavy atom. The first-order valence-electron chi connectivity index (χ1n) is 7.77. The number of hydrogen-bond acceptors (Lipinski definition) is 3. The predicted octanol–water partition coefficient (Wildman–Crippen LogP) is 3.63. The molecule has 0 aliphatic heterocycles. The lowest BCUT2D eigenvalue weighted by Crippen LogP contribution is -2.19. The lowest BCUT2D eigenvalue weighted by molar-refractivity contribution is -0.113. The Balaban J connectivity index is 1.99. The van der Waals surface area contributed by atoms with Gasteiger partial charge in [-0.05, 0) is 23.8 Å². The lowest BCUT2D eigenvalue weighted by atomic mass is 10.2. The Morgan fingerprint density at radius 2 is 2.04 bits per heavy atom. The summed E-state index contributed by atoms with van der Waals surface area (Å²) in [5, 5.41) is 0. The number of carbonyl (C=O) groups excluding carboxylic acids is 1. The van der Waals surface area contributed by atoms with Crippen LogP contribution in [0.4, 0.5) is 4.39 Å². The van der Waals surface area contributed by atoms with Crippen molar-refractivity contribution in [1.29, 1.82) is 0 Å². The number of methoxy groups -OCH3 is 1. The van der Waals surface area contributed by atoms with E-state index in [4.69, 9.17) is 4.74 Å². The van der Waals surface area contributed by atoms with Gasteiger partial charge in [-0.3, -0.25) is 4.79 Å². The molecule has 25 heavy (non-hydrogen) atoms. The summed E-state index contributed by atoms with van der Waals surface area (Å²) in [7, 11) is 1.58. The molecular formula is C19H17FN2O2S. The van der Waals surface area contributed by atoms with Gasteiger partial charge < -0.3 is 9.30 Å². The SMILES string of the molecule is COCCn1c(=NC(=O)C=Cc2ccccc2)sc2cccc(F)c21. The Hall–Kier alpha value is -2.57. The second-order valence-electron chi connectivity index (χ2n) is 5.31. The third-order valence-electron chi connectivity index (χ3n) is 3.59. The summed E-state index contributed by atoms with van der Waals surface area (Å²) in [4.78, 5) is 16.8. The van der Waals surface area contributed by atoms with Crippen LogP contribution < -0.4 is 4.80 Å². The Kier molecular flexibility index (Phi) is 5.53. The van der Waals surface area contributed by atoms with E-state index in [2.05, 4.69) is 4.99 Å². The normalized spacial score (nSPS) is 12.3. The van der Waals surface area contributed by atoms with Crippen LogP contribution in [-0.4, -0.2) is 24.2 Å². The predicted molar refractivity (Wildman–Crippen MR) is 97.7 cm³/mol. The van der Waals surface area contributed by atoms with Crippen LogP contribution in [-0.2, 0) is 16.1 Å². The molecule has 0 atom stereocenters. The van der Waals surface area contributed by atoms with Gasteiger partial charge in [0, 0.05) is 19.7 Å². The molecule has 0 saturated heterocycles. The quantitative estimate of drug-likeness (QED) is 0.655. The average molecular weight is 356 g/mol. The molecule has 0 N–H and O–H groups in total. The minimum absolute atomic E-state index is 0.335. The highest BCUT2D eigenvalue weighted by Gasteiger charge is 2.11. The summed E-state index contributed by atoms with van der Waals surface area (Å²) in [5.74, 6) is -0.722. The number of benzene rings is 2. The standard InChI is InChI=1S/C19H17FN2O2S/c1-24-13-12-22-18-15(20)8-5-9-16(18)25-19(22)21-17(23)11-10-14-6-3-2-4-7-14/h2-11H,12-13H2,1H3. The van der Waals surface area contributed by atoms with Crippen LogP contribution >= 0.6 is 11.3 Å². The molecule has 3 rings (SSSR count). The number of para-hydroxylation sites is 1. The topological polar surface area (TPSA) is 43.6 Å². The first kappa shape index (κ1) is 17.3. The van der Waals surface area contributed by atoms with Crippen LogP contribution in [0.1, 0.15) is 5.56 Å². The Morgan fingerprint density at radius 3 is 2.80 bits per heavy atom. The lowest BCUT2D eigenvalue weighted by Gasteiger charge is -2.04. The van der Waals surface area contributed by atoms with E-state index in [0.29, 0.717) is 23.5 Å². The largest absolute Gasteiger partial charge is 0.383 e. The number of fused-ring (bicyclic) bond motifs is 1. The highest BCUT2D eigenvalue weighted by atomic mass is 32.1. The zero-order valence-electron chi connectivity index (χ0n) is 13.7. The van der Waals surface area contributed by atoms with E-state index >= 15 is 0 Å². The Bertz CT molecular complexity index is 974. The zero-order chi connectivity index (χ0) is 17.6. The summed E-state index contributed by atoms with van der Waals surface area (Å²) in [5.41, 5.74) is 1.36. The molecule has 2 aromatic carbocycles. The molecule has 0 unspecified atom stereocenters. The fourth-order valence-electron chi connectivity index (χ4n) is 2.43. The van der Waals surface area contributed by atoms with Gasteiger partial charge in [-0.15, -0.1) is 0 Å². The van der Waals surface area contributed by atoms with Crippen molar-refractivity contribution in [3.8, 4) is 0 Å². The monoisotopic (exact) mass is 356 g/mol. The van der Waals surface area contributed by atoms with Crippen molar-refractivity contribution in [2.45, 2.75) is 6.54 Å². The third-order valence-corrected chi connectivity index (χ3v) is 4.64.